The third kappa shape index (κ3) is 2.88. The van der Waals surface area contributed by atoms with Crippen molar-refractivity contribution in [2.45, 2.75) is 50.4 Å². The average Bonchev–Trinajstić information content (AvgIpc) is 3.00. The molecule has 30 heavy (non-hydrogen) atoms. The van der Waals surface area contributed by atoms with Crippen LogP contribution < -0.4 is 9.47 Å². The van der Waals surface area contributed by atoms with E-state index in [0.29, 0.717) is 17.9 Å². The molecule has 0 bridgehead atoms. The van der Waals surface area contributed by atoms with Crippen molar-refractivity contribution >= 4 is 5.97 Å². The molecular weight excluding hydrogens is 380 g/mol. The number of carbonyl (C=O) groups is 1. The number of hydrogen-bond acceptors (Lipinski definition) is 6. The molecule has 3 aliphatic rings. The van der Waals surface area contributed by atoms with Gasteiger partial charge in [0.05, 0.1) is 12.7 Å². The first-order chi connectivity index (χ1) is 14.5. The maximum absolute atomic E-state index is 12.6. The maximum atomic E-state index is 12.6. The number of esters is 1. The van der Waals surface area contributed by atoms with E-state index in [-0.39, 0.29) is 23.6 Å². The third-order valence-corrected chi connectivity index (χ3v) is 7.22. The van der Waals surface area contributed by atoms with Crippen LogP contribution >= 0.6 is 0 Å². The van der Waals surface area contributed by atoms with E-state index >= 15 is 0 Å². The zero-order valence-electron chi connectivity index (χ0n) is 17.8. The van der Waals surface area contributed by atoms with Crippen LogP contribution in [0, 0.1) is 5.92 Å². The van der Waals surface area contributed by atoms with Crippen LogP contribution in [-0.2, 0) is 16.7 Å². The fourth-order valence-electron chi connectivity index (χ4n) is 5.77. The molecule has 1 aromatic heterocycles. The van der Waals surface area contributed by atoms with Crippen LogP contribution in [0.1, 0.15) is 47.7 Å². The van der Waals surface area contributed by atoms with Gasteiger partial charge in [-0.2, -0.15) is 0 Å². The Bertz CT molecular complexity index is 963. The van der Waals surface area contributed by atoms with Crippen molar-refractivity contribution < 1.29 is 19.0 Å². The monoisotopic (exact) mass is 408 g/mol. The molecule has 1 unspecified atom stereocenters. The highest BCUT2D eigenvalue weighted by Crippen LogP contribution is 2.59. The van der Waals surface area contributed by atoms with Crippen LogP contribution in [0.25, 0.3) is 0 Å². The first-order valence-corrected chi connectivity index (χ1v) is 10.7. The van der Waals surface area contributed by atoms with Gasteiger partial charge in [-0.15, -0.1) is 0 Å². The molecule has 1 fully saturated rings. The van der Waals surface area contributed by atoms with Crippen molar-refractivity contribution in [2.75, 3.05) is 20.7 Å². The molecule has 1 aromatic carbocycles. The number of rotatable bonds is 3. The summed E-state index contributed by atoms with van der Waals surface area (Å²) in [6.45, 7) is 4.21. The second-order valence-electron chi connectivity index (χ2n) is 8.91. The normalized spacial score (nSPS) is 29.9. The van der Waals surface area contributed by atoms with Crippen molar-refractivity contribution in [1.82, 2.24) is 9.88 Å². The Labute approximate surface area is 177 Å². The van der Waals surface area contributed by atoms with Gasteiger partial charge >= 0.3 is 5.97 Å². The largest absolute Gasteiger partial charge is 0.493 e. The molecule has 6 nitrogen and oxygen atoms in total. The highest BCUT2D eigenvalue weighted by molar-refractivity contribution is 5.89. The summed E-state index contributed by atoms with van der Waals surface area (Å²) in [6.07, 6.45) is 5.56. The molecule has 2 aliphatic heterocycles. The average molecular weight is 408 g/mol. The molecular formula is C24H28N2O4. The molecule has 3 heterocycles. The van der Waals surface area contributed by atoms with E-state index in [9.17, 15) is 4.79 Å². The summed E-state index contributed by atoms with van der Waals surface area (Å²) in [5.74, 6) is 1.69. The quantitative estimate of drug-likeness (QED) is 0.724. The fraction of sp³-hybridized carbons (Fsp3) is 0.500. The van der Waals surface area contributed by atoms with E-state index < -0.39 is 0 Å². The summed E-state index contributed by atoms with van der Waals surface area (Å²) in [7, 11) is 3.87. The second kappa shape index (κ2) is 7.27. The summed E-state index contributed by atoms with van der Waals surface area (Å²) < 4.78 is 18.1. The number of ether oxygens (including phenoxy) is 3. The summed E-state index contributed by atoms with van der Waals surface area (Å²) in [6, 6.07) is 7.70. The van der Waals surface area contributed by atoms with Crippen LogP contribution in [0.5, 0.6) is 11.5 Å². The van der Waals surface area contributed by atoms with Crippen molar-refractivity contribution in [3.05, 3.63) is 53.3 Å². The van der Waals surface area contributed by atoms with Crippen molar-refractivity contribution in [2.24, 2.45) is 5.92 Å². The third-order valence-electron chi connectivity index (χ3n) is 7.22. The number of aromatic nitrogens is 1. The Kier molecular flexibility index (Phi) is 4.69. The minimum Gasteiger partial charge on any atom is -0.493 e. The number of benzene rings is 1. The molecule has 0 N–H and O–H groups in total. The Morgan fingerprint density at radius 3 is 2.93 bits per heavy atom. The van der Waals surface area contributed by atoms with Gasteiger partial charge in [0.25, 0.3) is 0 Å². The second-order valence-corrected chi connectivity index (χ2v) is 8.91. The minimum absolute atomic E-state index is 0.0236. The number of methoxy groups -OCH3 is 1. The van der Waals surface area contributed by atoms with Gasteiger partial charge in [-0.1, -0.05) is 13.0 Å². The lowest BCUT2D eigenvalue weighted by Crippen LogP contribution is -2.52. The van der Waals surface area contributed by atoms with Gasteiger partial charge in [0.2, 0.25) is 0 Å². The number of nitrogens with zero attached hydrogens (tertiary/aromatic N) is 2. The lowest BCUT2D eigenvalue weighted by atomic mass is 9.59. The Morgan fingerprint density at radius 1 is 1.30 bits per heavy atom. The van der Waals surface area contributed by atoms with E-state index in [0.717, 1.165) is 37.4 Å². The predicted molar refractivity (Wildman–Crippen MR) is 112 cm³/mol. The van der Waals surface area contributed by atoms with Crippen LogP contribution in [-0.4, -0.2) is 48.8 Å². The predicted octanol–water partition coefficient (Wildman–Crippen LogP) is 3.58. The molecule has 0 amide bonds. The lowest BCUT2D eigenvalue weighted by molar-refractivity contribution is -0.0378. The van der Waals surface area contributed by atoms with E-state index in [1.165, 1.54) is 11.1 Å². The fourth-order valence-corrected chi connectivity index (χ4v) is 5.77. The zero-order valence-corrected chi connectivity index (χ0v) is 17.8. The van der Waals surface area contributed by atoms with Crippen molar-refractivity contribution in [3.63, 3.8) is 0 Å². The molecule has 0 radical (unpaired) electrons. The van der Waals surface area contributed by atoms with Crippen molar-refractivity contribution in [1.29, 1.82) is 0 Å². The Morgan fingerprint density at radius 2 is 2.17 bits per heavy atom. The molecule has 1 aliphatic carbocycles. The van der Waals surface area contributed by atoms with E-state index in [1.54, 1.807) is 31.6 Å². The molecule has 4 atom stereocenters. The van der Waals surface area contributed by atoms with Crippen LogP contribution in [0.3, 0.4) is 0 Å². The smallest absolute Gasteiger partial charge is 0.339 e. The summed E-state index contributed by atoms with van der Waals surface area (Å²) in [4.78, 5) is 19.0. The Balaban J connectivity index is 1.48. The van der Waals surface area contributed by atoms with Gasteiger partial charge in [-0.05, 0) is 56.1 Å². The van der Waals surface area contributed by atoms with Gasteiger partial charge < -0.3 is 19.1 Å². The van der Waals surface area contributed by atoms with Crippen LogP contribution in [0.15, 0.2) is 36.7 Å². The van der Waals surface area contributed by atoms with Gasteiger partial charge in [0, 0.05) is 36.3 Å². The number of carbonyl (C=O) groups excluding carboxylic acids is 1. The maximum Gasteiger partial charge on any atom is 0.339 e. The van der Waals surface area contributed by atoms with Gasteiger partial charge in [-0.25, -0.2) is 4.79 Å². The molecule has 158 valence electrons. The first-order valence-electron chi connectivity index (χ1n) is 10.7. The highest BCUT2D eigenvalue weighted by atomic mass is 16.6. The zero-order chi connectivity index (χ0) is 20.9. The first kappa shape index (κ1) is 19.4. The van der Waals surface area contributed by atoms with Crippen LogP contribution in [0.4, 0.5) is 0 Å². The van der Waals surface area contributed by atoms with E-state index in [4.69, 9.17) is 14.2 Å². The SMILES string of the molecule is COc1ccc2c3c1O[C@H]1C[C@@H](OC(=O)c4cccnc4)CC(C)[C@@]31CCN(C)C2. The molecule has 2 aromatic rings. The van der Waals surface area contributed by atoms with E-state index in [2.05, 4.69) is 29.9 Å². The van der Waals surface area contributed by atoms with Gasteiger partial charge in [0.1, 0.15) is 12.2 Å². The highest BCUT2D eigenvalue weighted by Gasteiger charge is 2.58. The van der Waals surface area contributed by atoms with E-state index in [1.807, 2.05) is 6.07 Å². The summed E-state index contributed by atoms with van der Waals surface area (Å²) in [5.41, 5.74) is 3.06. The van der Waals surface area contributed by atoms with Crippen LogP contribution in [0.2, 0.25) is 0 Å². The van der Waals surface area contributed by atoms with Gasteiger partial charge in [-0.3, -0.25) is 4.98 Å². The molecule has 1 spiro atoms. The lowest BCUT2D eigenvalue weighted by Gasteiger charge is -2.46. The summed E-state index contributed by atoms with van der Waals surface area (Å²) in [5, 5.41) is 0. The van der Waals surface area contributed by atoms with Gasteiger partial charge in [0.15, 0.2) is 11.5 Å². The molecule has 1 saturated carbocycles. The molecule has 0 saturated heterocycles. The minimum atomic E-state index is -0.314. The van der Waals surface area contributed by atoms with Crippen molar-refractivity contribution in [3.8, 4) is 11.5 Å². The Hall–Kier alpha value is -2.60. The molecule has 5 rings (SSSR count). The molecule has 6 heteroatoms. The number of hydrogen-bond donors (Lipinski definition) is 0. The topological polar surface area (TPSA) is 60.9 Å². The standard InChI is InChI=1S/C24H28N2O4/c1-15-11-18(29-23(27)16-5-4-9-25-13-16)12-20-24(15)8-10-26(2)14-17-6-7-19(28-3)22(30-20)21(17)24/h4-7,9,13,15,18,20H,8,10-12,14H2,1-3H3/t15?,18-,20-,24+/m0/s1. The summed E-state index contributed by atoms with van der Waals surface area (Å²) >= 11 is 0. The number of pyridine rings is 1.